The first-order valence-electron chi connectivity index (χ1n) is 7.71. The molecule has 1 aliphatic rings. The van der Waals surface area contributed by atoms with E-state index in [2.05, 4.69) is 10.2 Å². The maximum absolute atomic E-state index is 10.5. The summed E-state index contributed by atoms with van der Waals surface area (Å²) in [5, 5.41) is 23.6. The lowest BCUT2D eigenvalue weighted by atomic mass is 10.0. The molecule has 0 aromatic heterocycles. The molecule has 3 rings (SSSR count). The van der Waals surface area contributed by atoms with Gasteiger partial charge < -0.3 is 15.5 Å². The number of piperazine rings is 1. The lowest BCUT2D eigenvalue weighted by molar-refractivity contribution is 0.0732. The van der Waals surface area contributed by atoms with Crippen molar-refractivity contribution in [2.24, 2.45) is 0 Å². The highest BCUT2D eigenvalue weighted by Gasteiger charge is 2.26. The van der Waals surface area contributed by atoms with Crippen LogP contribution in [-0.2, 0) is 0 Å². The minimum atomic E-state index is -0.501. The molecule has 0 aliphatic carbocycles. The molecule has 0 bridgehead atoms. The number of benzene rings is 2. The first kappa shape index (κ1) is 15.0. The van der Waals surface area contributed by atoms with Gasteiger partial charge in [0.1, 0.15) is 5.75 Å². The van der Waals surface area contributed by atoms with Crippen LogP contribution in [0.4, 0.5) is 0 Å². The van der Waals surface area contributed by atoms with Crippen molar-refractivity contribution in [2.45, 2.75) is 12.1 Å². The van der Waals surface area contributed by atoms with E-state index in [1.165, 1.54) is 0 Å². The van der Waals surface area contributed by atoms with Crippen molar-refractivity contribution < 1.29 is 10.2 Å². The van der Waals surface area contributed by atoms with Gasteiger partial charge in [-0.3, -0.25) is 4.90 Å². The Hall–Kier alpha value is -1.88. The molecule has 1 saturated heterocycles. The Morgan fingerprint density at radius 3 is 2.73 bits per heavy atom. The highest BCUT2D eigenvalue weighted by atomic mass is 16.3. The van der Waals surface area contributed by atoms with Crippen LogP contribution in [0.15, 0.2) is 54.6 Å². The van der Waals surface area contributed by atoms with E-state index in [0.717, 1.165) is 30.8 Å². The van der Waals surface area contributed by atoms with E-state index in [-0.39, 0.29) is 11.8 Å². The van der Waals surface area contributed by atoms with Gasteiger partial charge in [0, 0.05) is 32.2 Å². The quantitative estimate of drug-likeness (QED) is 0.809. The normalized spacial score (nSPS) is 20.7. The number of aliphatic hydroxyl groups is 1. The van der Waals surface area contributed by atoms with Gasteiger partial charge >= 0.3 is 0 Å². The number of rotatable bonds is 4. The maximum atomic E-state index is 10.5. The molecule has 1 fully saturated rings. The number of aliphatic hydroxyl groups excluding tert-OH is 1. The van der Waals surface area contributed by atoms with E-state index in [0.29, 0.717) is 6.54 Å². The summed E-state index contributed by atoms with van der Waals surface area (Å²) in [6, 6.07) is 17.3. The summed E-state index contributed by atoms with van der Waals surface area (Å²) >= 11 is 0. The molecule has 2 aromatic carbocycles. The van der Waals surface area contributed by atoms with Gasteiger partial charge in [-0.05, 0) is 23.3 Å². The van der Waals surface area contributed by atoms with Crippen molar-refractivity contribution >= 4 is 0 Å². The molecule has 2 unspecified atom stereocenters. The second kappa shape index (κ2) is 6.92. The minimum Gasteiger partial charge on any atom is -0.508 e. The molecule has 2 atom stereocenters. The maximum Gasteiger partial charge on any atom is 0.115 e. The predicted octanol–water partition coefficient (Wildman–Crippen LogP) is 2.07. The van der Waals surface area contributed by atoms with Crippen LogP contribution in [-0.4, -0.2) is 41.3 Å². The Labute approximate surface area is 131 Å². The number of hydrogen-bond donors (Lipinski definition) is 3. The fourth-order valence-electron chi connectivity index (χ4n) is 3.03. The van der Waals surface area contributed by atoms with Gasteiger partial charge in [0.15, 0.2) is 0 Å². The second-order valence-corrected chi connectivity index (χ2v) is 5.74. The van der Waals surface area contributed by atoms with E-state index in [9.17, 15) is 10.2 Å². The monoisotopic (exact) mass is 298 g/mol. The third-order valence-electron chi connectivity index (χ3n) is 4.20. The number of phenols is 1. The molecule has 0 saturated carbocycles. The fourth-order valence-corrected chi connectivity index (χ4v) is 3.03. The summed E-state index contributed by atoms with van der Waals surface area (Å²) in [4.78, 5) is 2.28. The fraction of sp³-hybridized carbons (Fsp3) is 0.333. The van der Waals surface area contributed by atoms with Crippen molar-refractivity contribution in [1.82, 2.24) is 10.2 Å². The Balaban J connectivity index is 1.75. The zero-order valence-corrected chi connectivity index (χ0v) is 12.5. The van der Waals surface area contributed by atoms with Gasteiger partial charge in [0.25, 0.3) is 0 Å². The zero-order chi connectivity index (χ0) is 15.4. The average molecular weight is 298 g/mol. The molecule has 22 heavy (non-hydrogen) atoms. The summed E-state index contributed by atoms with van der Waals surface area (Å²) in [6.07, 6.45) is -0.501. The van der Waals surface area contributed by atoms with Gasteiger partial charge in [-0.1, -0.05) is 42.5 Å². The molecule has 0 radical (unpaired) electrons. The summed E-state index contributed by atoms with van der Waals surface area (Å²) < 4.78 is 0. The van der Waals surface area contributed by atoms with E-state index in [4.69, 9.17) is 0 Å². The van der Waals surface area contributed by atoms with Crippen molar-refractivity contribution in [3.05, 3.63) is 65.7 Å². The number of aromatic hydroxyl groups is 1. The predicted molar refractivity (Wildman–Crippen MR) is 86.7 cm³/mol. The molecule has 2 aromatic rings. The topological polar surface area (TPSA) is 55.7 Å². The van der Waals surface area contributed by atoms with Crippen molar-refractivity contribution in [3.63, 3.8) is 0 Å². The van der Waals surface area contributed by atoms with E-state index in [1.807, 2.05) is 42.5 Å². The van der Waals surface area contributed by atoms with Gasteiger partial charge in [-0.15, -0.1) is 0 Å². The van der Waals surface area contributed by atoms with Gasteiger partial charge in [-0.25, -0.2) is 0 Å². The van der Waals surface area contributed by atoms with Gasteiger partial charge in [0.2, 0.25) is 0 Å². The van der Waals surface area contributed by atoms with Crippen LogP contribution in [0.2, 0.25) is 0 Å². The number of nitrogens with one attached hydrogen (secondary N) is 1. The lowest BCUT2D eigenvalue weighted by Gasteiger charge is -2.37. The van der Waals surface area contributed by atoms with Crippen LogP contribution in [0.3, 0.4) is 0 Å². The highest BCUT2D eigenvalue weighted by Crippen LogP contribution is 2.27. The Morgan fingerprint density at radius 1 is 1.14 bits per heavy atom. The Bertz CT molecular complexity index is 603. The van der Waals surface area contributed by atoms with Crippen LogP contribution < -0.4 is 5.32 Å². The molecular weight excluding hydrogens is 276 g/mol. The van der Waals surface area contributed by atoms with E-state index in [1.54, 1.807) is 12.1 Å². The van der Waals surface area contributed by atoms with Gasteiger partial charge in [-0.2, -0.15) is 0 Å². The summed E-state index contributed by atoms with van der Waals surface area (Å²) in [5.41, 5.74) is 2.02. The van der Waals surface area contributed by atoms with Crippen LogP contribution in [0.5, 0.6) is 5.75 Å². The largest absolute Gasteiger partial charge is 0.508 e. The summed E-state index contributed by atoms with van der Waals surface area (Å²) in [6.45, 7) is 3.21. The average Bonchev–Trinajstić information content (AvgIpc) is 2.56. The Kier molecular flexibility index (Phi) is 4.73. The first-order valence-corrected chi connectivity index (χ1v) is 7.71. The minimum absolute atomic E-state index is 0.166. The summed E-state index contributed by atoms with van der Waals surface area (Å²) in [7, 11) is 0. The molecule has 1 heterocycles. The molecule has 3 N–H and O–H groups in total. The van der Waals surface area contributed by atoms with E-state index < -0.39 is 6.10 Å². The smallest absolute Gasteiger partial charge is 0.115 e. The molecular formula is C18H22N2O2. The van der Waals surface area contributed by atoms with Crippen LogP contribution >= 0.6 is 0 Å². The number of hydrogen-bond acceptors (Lipinski definition) is 4. The highest BCUT2D eigenvalue weighted by molar-refractivity contribution is 5.30. The van der Waals surface area contributed by atoms with Crippen LogP contribution in [0.1, 0.15) is 23.3 Å². The second-order valence-electron chi connectivity index (χ2n) is 5.74. The van der Waals surface area contributed by atoms with Gasteiger partial charge in [0.05, 0.1) is 6.10 Å². The number of β-amino-alcohol motifs (C(OH)–C–C–N with tert-alkyl or cyclic N) is 1. The van der Waals surface area contributed by atoms with Crippen LogP contribution in [0, 0.1) is 0 Å². The number of phenolic OH excluding ortho intramolecular Hbond substituents is 1. The van der Waals surface area contributed by atoms with Crippen molar-refractivity contribution in [1.29, 1.82) is 0 Å². The molecule has 4 heteroatoms. The molecule has 0 amide bonds. The molecule has 4 nitrogen and oxygen atoms in total. The van der Waals surface area contributed by atoms with Crippen molar-refractivity contribution in [3.8, 4) is 5.75 Å². The van der Waals surface area contributed by atoms with E-state index >= 15 is 0 Å². The first-order chi connectivity index (χ1) is 10.7. The lowest BCUT2D eigenvalue weighted by Crippen LogP contribution is -2.47. The third-order valence-corrected chi connectivity index (χ3v) is 4.20. The zero-order valence-electron chi connectivity index (χ0n) is 12.5. The van der Waals surface area contributed by atoms with Crippen LogP contribution in [0.25, 0.3) is 0 Å². The number of nitrogens with zero attached hydrogens (tertiary/aromatic N) is 1. The molecule has 1 aliphatic heterocycles. The SMILES string of the molecule is Oc1cccc(C2CNCCN2CC(O)c2ccccc2)c1. The van der Waals surface area contributed by atoms with Crippen molar-refractivity contribution in [2.75, 3.05) is 26.2 Å². The summed E-state index contributed by atoms with van der Waals surface area (Å²) in [5.74, 6) is 0.284. The Morgan fingerprint density at radius 2 is 1.95 bits per heavy atom. The molecule has 0 spiro atoms. The molecule has 116 valence electrons. The standard InChI is InChI=1S/C18H22N2O2/c21-16-8-4-7-15(11-16)17-12-19-9-10-20(17)13-18(22)14-5-2-1-3-6-14/h1-8,11,17-19,21-22H,9-10,12-13H2. The third kappa shape index (κ3) is 3.47.